The molecule has 2 unspecified atom stereocenters. The number of H-pyrrole nitrogens is 2. The van der Waals surface area contributed by atoms with E-state index in [2.05, 4.69) is 15.0 Å². The van der Waals surface area contributed by atoms with E-state index >= 15 is 0 Å². The van der Waals surface area contributed by atoms with Gasteiger partial charge in [-0.15, -0.1) is 0 Å². The lowest BCUT2D eigenvalue weighted by Crippen LogP contribution is -2.29. The van der Waals surface area contributed by atoms with E-state index in [0.717, 1.165) is 17.5 Å². The Morgan fingerprint density at radius 3 is 2.23 bits per heavy atom. The highest BCUT2D eigenvalue weighted by Gasteiger charge is 2.33. The van der Waals surface area contributed by atoms with Crippen LogP contribution in [0.5, 0.6) is 0 Å². The van der Waals surface area contributed by atoms with Crippen LogP contribution in [-0.2, 0) is 32.3 Å². The van der Waals surface area contributed by atoms with Gasteiger partial charge in [-0.1, -0.05) is 6.42 Å². The zero-order chi connectivity index (χ0) is 22.5. The van der Waals surface area contributed by atoms with Crippen molar-refractivity contribution in [3.63, 3.8) is 0 Å². The number of carbonyl (C=O) groups is 4. The maximum atomic E-state index is 12.5. The number of hydrogen-bond donors (Lipinski definition) is 2. The number of ketones is 2. The third kappa shape index (κ3) is 5.48. The summed E-state index contributed by atoms with van der Waals surface area (Å²) in [5.74, 6) is -1.50. The second-order valence-electron chi connectivity index (χ2n) is 7.96. The van der Waals surface area contributed by atoms with Gasteiger partial charge in [0.1, 0.15) is 13.2 Å². The van der Waals surface area contributed by atoms with Crippen LogP contribution < -0.4 is 0 Å². The second kappa shape index (κ2) is 9.72. The van der Waals surface area contributed by atoms with Crippen LogP contribution in [0.25, 0.3) is 0 Å². The first kappa shape index (κ1) is 22.5. The van der Waals surface area contributed by atoms with Crippen molar-refractivity contribution in [2.45, 2.75) is 59.7 Å². The highest BCUT2D eigenvalue weighted by molar-refractivity contribution is 5.94. The number of nitrogens with one attached hydrogen (secondary N) is 2. The molecule has 3 rings (SSSR count). The first-order valence-corrected chi connectivity index (χ1v) is 10.3. The van der Waals surface area contributed by atoms with E-state index in [4.69, 9.17) is 9.47 Å². The van der Waals surface area contributed by atoms with Crippen LogP contribution in [0.4, 0.5) is 0 Å². The van der Waals surface area contributed by atoms with Gasteiger partial charge in [-0.3, -0.25) is 19.2 Å². The van der Waals surface area contributed by atoms with Crippen molar-refractivity contribution in [1.29, 1.82) is 0 Å². The highest BCUT2D eigenvalue weighted by atomic mass is 16.5. The fourth-order valence-corrected chi connectivity index (χ4v) is 3.81. The fraction of sp³-hybridized carbons (Fsp3) is 0.500. The Bertz CT molecular complexity index is 989. The van der Waals surface area contributed by atoms with E-state index in [1.165, 1.54) is 20.0 Å². The molecular formula is C22H27N3O6. The lowest BCUT2D eigenvalue weighted by Gasteiger charge is -2.26. The van der Waals surface area contributed by atoms with E-state index in [0.29, 0.717) is 30.7 Å². The first-order valence-electron chi connectivity index (χ1n) is 10.3. The maximum Gasteiger partial charge on any atom is 0.309 e. The van der Waals surface area contributed by atoms with Crippen LogP contribution in [0.3, 0.4) is 0 Å². The quantitative estimate of drug-likeness (QED) is 0.487. The van der Waals surface area contributed by atoms with Crippen molar-refractivity contribution in [2.75, 3.05) is 0 Å². The normalized spacial score (nSPS) is 18.4. The van der Waals surface area contributed by atoms with Crippen LogP contribution in [-0.4, -0.2) is 38.5 Å². The third-order valence-electron chi connectivity index (χ3n) is 5.64. The fourth-order valence-electron chi connectivity index (χ4n) is 3.81. The van der Waals surface area contributed by atoms with E-state index < -0.39 is 0 Å². The number of aromatic amines is 2. The Kier molecular flexibility index (Phi) is 7.04. The summed E-state index contributed by atoms with van der Waals surface area (Å²) >= 11 is 0. The van der Waals surface area contributed by atoms with Gasteiger partial charge in [0.25, 0.3) is 0 Å². The molecule has 31 heavy (non-hydrogen) atoms. The Morgan fingerprint density at radius 1 is 1.03 bits per heavy atom. The summed E-state index contributed by atoms with van der Waals surface area (Å²) in [6.45, 7) is 4.76. The van der Waals surface area contributed by atoms with Crippen molar-refractivity contribution < 1.29 is 28.7 Å². The predicted molar refractivity (Wildman–Crippen MR) is 109 cm³/mol. The minimum atomic E-state index is -0.375. The Morgan fingerprint density at radius 2 is 1.68 bits per heavy atom. The predicted octanol–water partition coefficient (Wildman–Crippen LogP) is 3.04. The van der Waals surface area contributed by atoms with E-state index in [1.807, 2.05) is 6.92 Å². The van der Waals surface area contributed by atoms with Crippen molar-refractivity contribution in [3.05, 3.63) is 40.7 Å². The Labute approximate surface area is 179 Å². The number of carbonyl (C=O) groups excluding carboxylic acids is 4. The molecule has 0 aromatic carbocycles. The molecule has 2 aromatic heterocycles. The molecule has 2 N–H and O–H groups in total. The van der Waals surface area contributed by atoms with Gasteiger partial charge in [-0.25, -0.2) is 4.98 Å². The molecule has 1 aliphatic carbocycles. The zero-order valence-electron chi connectivity index (χ0n) is 17.9. The molecule has 0 amide bonds. The van der Waals surface area contributed by atoms with Gasteiger partial charge in [0.15, 0.2) is 17.4 Å². The van der Waals surface area contributed by atoms with Gasteiger partial charge < -0.3 is 19.4 Å². The van der Waals surface area contributed by atoms with Crippen LogP contribution in [0.2, 0.25) is 0 Å². The van der Waals surface area contributed by atoms with Crippen LogP contribution in [0, 0.1) is 18.8 Å². The number of ether oxygens (including phenoxy) is 2. The summed E-state index contributed by atoms with van der Waals surface area (Å²) in [6, 6.07) is 0. The molecule has 9 nitrogen and oxygen atoms in total. The number of nitrogens with zero attached hydrogens (tertiary/aromatic N) is 1. The van der Waals surface area contributed by atoms with Crippen LogP contribution in [0.1, 0.15) is 77.5 Å². The third-order valence-corrected chi connectivity index (χ3v) is 5.64. The molecular weight excluding hydrogens is 402 g/mol. The van der Waals surface area contributed by atoms with Gasteiger partial charge >= 0.3 is 11.9 Å². The van der Waals surface area contributed by atoms with Gasteiger partial charge in [-0.2, -0.15) is 0 Å². The smallest absolute Gasteiger partial charge is 0.309 e. The second-order valence-corrected chi connectivity index (χ2v) is 7.96. The molecule has 0 spiro atoms. The molecule has 0 saturated heterocycles. The molecule has 1 fully saturated rings. The van der Waals surface area contributed by atoms with Crippen LogP contribution >= 0.6 is 0 Å². The molecule has 2 atom stereocenters. The molecule has 166 valence electrons. The largest absolute Gasteiger partial charge is 0.461 e. The van der Waals surface area contributed by atoms with E-state index in [1.54, 1.807) is 6.20 Å². The summed E-state index contributed by atoms with van der Waals surface area (Å²) in [5.41, 5.74) is 2.59. The topological polar surface area (TPSA) is 131 Å². The maximum absolute atomic E-state index is 12.5. The molecule has 0 bridgehead atoms. The van der Waals surface area contributed by atoms with E-state index in [-0.39, 0.29) is 54.4 Å². The zero-order valence-corrected chi connectivity index (χ0v) is 17.9. The number of Topliss-reactive ketones (excluding diaryl/α,β-unsaturated/α-hetero) is 2. The standard InChI is InChI=1S/C22H27N3O6/c1-12-17(8-23-19(12)13(2)26)10-30-21(28)15-5-4-6-16(7-15)22(29)31-11-18-9-24-20(25-18)14(3)27/h8-9,15-16,23H,4-7,10-11H2,1-3H3,(H,24,25). The van der Waals surface area contributed by atoms with Gasteiger partial charge in [0.05, 0.1) is 29.4 Å². The molecule has 9 heteroatoms. The lowest BCUT2D eigenvalue weighted by atomic mass is 9.81. The highest BCUT2D eigenvalue weighted by Crippen LogP contribution is 2.31. The minimum Gasteiger partial charge on any atom is -0.461 e. The van der Waals surface area contributed by atoms with Crippen molar-refractivity contribution >= 4 is 23.5 Å². The SMILES string of the molecule is CC(=O)c1ncc(COC(=O)C2CCCC(C(=O)OCc3c[nH]c(C(C)=O)c3C)C2)[nH]1. The van der Waals surface area contributed by atoms with Gasteiger partial charge in [0, 0.05) is 25.6 Å². The van der Waals surface area contributed by atoms with Crippen molar-refractivity contribution in [3.8, 4) is 0 Å². The van der Waals surface area contributed by atoms with Crippen LogP contribution in [0.15, 0.2) is 12.4 Å². The summed E-state index contributed by atoms with van der Waals surface area (Å²) < 4.78 is 10.8. The molecule has 2 aromatic rings. The Hall–Kier alpha value is -3.23. The summed E-state index contributed by atoms with van der Waals surface area (Å²) in [4.78, 5) is 57.5. The summed E-state index contributed by atoms with van der Waals surface area (Å²) in [6.07, 6.45) is 5.57. The number of hydrogen-bond acceptors (Lipinski definition) is 7. The van der Waals surface area contributed by atoms with Gasteiger partial charge in [0.2, 0.25) is 0 Å². The number of imidazole rings is 1. The van der Waals surface area contributed by atoms with E-state index in [9.17, 15) is 19.2 Å². The lowest BCUT2D eigenvalue weighted by molar-refractivity contribution is -0.156. The minimum absolute atomic E-state index is 0.00399. The molecule has 1 aliphatic rings. The number of aromatic nitrogens is 3. The summed E-state index contributed by atoms with van der Waals surface area (Å²) in [5, 5.41) is 0. The number of esters is 2. The molecule has 2 heterocycles. The average molecular weight is 429 g/mol. The average Bonchev–Trinajstić information content (AvgIpc) is 3.37. The van der Waals surface area contributed by atoms with Crippen molar-refractivity contribution in [2.24, 2.45) is 11.8 Å². The molecule has 0 aliphatic heterocycles. The monoisotopic (exact) mass is 429 g/mol. The molecule has 1 saturated carbocycles. The summed E-state index contributed by atoms with van der Waals surface area (Å²) in [7, 11) is 0. The Balaban J connectivity index is 1.49. The first-order chi connectivity index (χ1) is 14.8. The van der Waals surface area contributed by atoms with Gasteiger partial charge in [-0.05, 0) is 31.7 Å². The molecule has 0 radical (unpaired) electrons. The number of rotatable bonds is 8. The van der Waals surface area contributed by atoms with Crippen molar-refractivity contribution in [1.82, 2.24) is 15.0 Å².